The third-order valence-electron chi connectivity index (χ3n) is 4.40. The standard InChI is InChI=1S/C14H28N2O2/c1-17-9-13-4-2-6-16(8-13)11-14(10-15)5-3-7-18-12-14/h13H,2-12,15H2,1H3. The summed E-state index contributed by atoms with van der Waals surface area (Å²) in [5, 5.41) is 0. The molecule has 2 saturated heterocycles. The highest BCUT2D eigenvalue weighted by Crippen LogP contribution is 2.30. The molecule has 4 nitrogen and oxygen atoms in total. The first-order valence-corrected chi connectivity index (χ1v) is 7.27. The molecule has 0 aromatic heterocycles. The van der Waals surface area contributed by atoms with Gasteiger partial charge in [0.2, 0.25) is 0 Å². The van der Waals surface area contributed by atoms with Crippen LogP contribution in [0.3, 0.4) is 0 Å². The van der Waals surface area contributed by atoms with Gasteiger partial charge in [0.05, 0.1) is 13.2 Å². The van der Waals surface area contributed by atoms with Crippen molar-refractivity contribution in [2.45, 2.75) is 25.7 Å². The number of nitrogens with two attached hydrogens (primary N) is 1. The van der Waals surface area contributed by atoms with E-state index in [-0.39, 0.29) is 5.41 Å². The van der Waals surface area contributed by atoms with Crippen molar-refractivity contribution in [3.05, 3.63) is 0 Å². The number of nitrogens with zero attached hydrogens (tertiary/aromatic N) is 1. The highest BCUT2D eigenvalue weighted by molar-refractivity contribution is 4.87. The zero-order valence-electron chi connectivity index (χ0n) is 11.7. The summed E-state index contributed by atoms with van der Waals surface area (Å²) < 4.78 is 11.0. The summed E-state index contributed by atoms with van der Waals surface area (Å²) in [5.41, 5.74) is 6.22. The van der Waals surface area contributed by atoms with Crippen molar-refractivity contribution in [3.8, 4) is 0 Å². The largest absolute Gasteiger partial charge is 0.384 e. The fourth-order valence-electron chi connectivity index (χ4n) is 3.40. The van der Waals surface area contributed by atoms with E-state index in [1.54, 1.807) is 7.11 Å². The van der Waals surface area contributed by atoms with Gasteiger partial charge in [-0.15, -0.1) is 0 Å². The Morgan fingerprint density at radius 1 is 1.44 bits per heavy atom. The molecule has 2 unspecified atom stereocenters. The van der Waals surface area contributed by atoms with Gasteiger partial charge < -0.3 is 20.1 Å². The molecule has 0 bridgehead atoms. The highest BCUT2D eigenvalue weighted by atomic mass is 16.5. The molecule has 0 aromatic carbocycles. The number of hydrogen-bond donors (Lipinski definition) is 1. The van der Waals surface area contributed by atoms with Gasteiger partial charge in [-0.3, -0.25) is 0 Å². The zero-order chi connectivity index (χ0) is 12.8. The minimum Gasteiger partial charge on any atom is -0.384 e. The molecule has 2 heterocycles. The molecule has 0 amide bonds. The third kappa shape index (κ3) is 3.67. The Morgan fingerprint density at radius 2 is 2.33 bits per heavy atom. The number of piperidine rings is 1. The van der Waals surface area contributed by atoms with Crippen molar-refractivity contribution in [3.63, 3.8) is 0 Å². The number of rotatable bonds is 5. The second kappa shape index (κ2) is 6.85. The zero-order valence-corrected chi connectivity index (χ0v) is 11.7. The SMILES string of the molecule is COCC1CCCN(CC2(CN)CCCOC2)C1. The van der Waals surface area contributed by atoms with E-state index in [9.17, 15) is 0 Å². The molecule has 0 spiro atoms. The van der Waals surface area contributed by atoms with Gasteiger partial charge in [-0.2, -0.15) is 0 Å². The Labute approximate surface area is 111 Å². The van der Waals surface area contributed by atoms with Crippen LogP contribution in [0.5, 0.6) is 0 Å². The van der Waals surface area contributed by atoms with E-state index in [2.05, 4.69) is 4.90 Å². The van der Waals surface area contributed by atoms with E-state index in [1.807, 2.05) is 0 Å². The average Bonchev–Trinajstić information content (AvgIpc) is 2.41. The van der Waals surface area contributed by atoms with Gasteiger partial charge in [-0.25, -0.2) is 0 Å². The molecule has 2 aliphatic heterocycles. The van der Waals surface area contributed by atoms with Gasteiger partial charge in [0.25, 0.3) is 0 Å². The number of methoxy groups -OCH3 is 1. The van der Waals surface area contributed by atoms with Gasteiger partial charge in [0, 0.05) is 38.8 Å². The molecule has 2 N–H and O–H groups in total. The maximum Gasteiger partial charge on any atom is 0.0546 e. The average molecular weight is 256 g/mol. The lowest BCUT2D eigenvalue weighted by Gasteiger charge is -2.42. The van der Waals surface area contributed by atoms with Crippen LogP contribution in [0.4, 0.5) is 0 Å². The Kier molecular flexibility index (Phi) is 5.42. The second-order valence-corrected chi connectivity index (χ2v) is 6.06. The van der Waals surface area contributed by atoms with E-state index in [0.29, 0.717) is 5.92 Å². The fourth-order valence-corrected chi connectivity index (χ4v) is 3.40. The normalized spacial score (nSPS) is 34.7. The lowest BCUT2D eigenvalue weighted by atomic mass is 9.81. The molecule has 106 valence electrons. The Hall–Kier alpha value is -0.160. The van der Waals surface area contributed by atoms with E-state index >= 15 is 0 Å². The van der Waals surface area contributed by atoms with Gasteiger partial charge in [-0.1, -0.05) is 0 Å². The van der Waals surface area contributed by atoms with Crippen molar-refractivity contribution in [2.75, 3.05) is 53.1 Å². The summed E-state index contributed by atoms with van der Waals surface area (Å²) in [6, 6.07) is 0. The van der Waals surface area contributed by atoms with Crippen LogP contribution in [0.25, 0.3) is 0 Å². The monoisotopic (exact) mass is 256 g/mol. The molecule has 0 aromatic rings. The number of ether oxygens (including phenoxy) is 2. The fraction of sp³-hybridized carbons (Fsp3) is 1.00. The maximum absolute atomic E-state index is 6.02. The van der Waals surface area contributed by atoms with Crippen LogP contribution in [-0.4, -0.2) is 58.0 Å². The molecule has 18 heavy (non-hydrogen) atoms. The van der Waals surface area contributed by atoms with Crippen molar-refractivity contribution in [1.29, 1.82) is 0 Å². The number of hydrogen-bond acceptors (Lipinski definition) is 4. The van der Waals surface area contributed by atoms with E-state index in [0.717, 1.165) is 45.9 Å². The summed E-state index contributed by atoms with van der Waals surface area (Å²) in [5.74, 6) is 0.697. The van der Waals surface area contributed by atoms with Crippen LogP contribution in [-0.2, 0) is 9.47 Å². The molecular formula is C14H28N2O2. The smallest absolute Gasteiger partial charge is 0.0546 e. The summed E-state index contributed by atoms with van der Waals surface area (Å²) in [7, 11) is 1.80. The van der Waals surface area contributed by atoms with Crippen LogP contribution < -0.4 is 5.73 Å². The van der Waals surface area contributed by atoms with Crippen LogP contribution in [0, 0.1) is 11.3 Å². The summed E-state index contributed by atoms with van der Waals surface area (Å²) in [4.78, 5) is 2.58. The van der Waals surface area contributed by atoms with Crippen LogP contribution in [0.2, 0.25) is 0 Å². The number of likely N-dealkylation sites (tertiary alicyclic amines) is 1. The molecule has 4 heteroatoms. The van der Waals surface area contributed by atoms with Gasteiger partial charge in [-0.05, 0) is 38.1 Å². The Balaban J connectivity index is 1.86. The van der Waals surface area contributed by atoms with Crippen molar-refractivity contribution < 1.29 is 9.47 Å². The molecule has 2 atom stereocenters. The predicted octanol–water partition coefficient (Wildman–Crippen LogP) is 1.10. The second-order valence-electron chi connectivity index (χ2n) is 6.06. The summed E-state index contributed by atoms with van der Waals surface area (Å²) in [6.07, 6.45) is 4.97. The van der Waals surface area contributed by atoms with E-state index < -0.39 is 0 Å². The maximum atomic E-state index is 6.02. The van der Waals surface area contributed by atoms with Crippen molar-refractivity contribution >= 4 is 0 Å². The summed E-state index contributed by atoms with van der Waals surface area (Å²) >= 11 is 0. The topological polar surface area (TPSA) is 47.7 Å². The first-order chi connectivity index (χ1) is 8.78. The lowest BCUT2D eigenvalue weighted by molar-refractivity contribution is -0.0307. The third-order valence-corrected chi connectivity index (χ3v) is 4.40. The quantitative estimate of drug-likeness (QED) is 0.800. The molecular weight excluding hydrogens is 228 g/mol. The Morgan fingerprint density at radius 3 is 3.00 bits per heavy atom. The molecule has 0 aliphatic carbocycles. The summed E-state index contributed by atoms with van der Waals surface area (Å²) in [6.45, 7) is 6.87. The predicted molar refractivity (Wildman–Crippen MR) is 72.6 cm³/mol. The molecule has 0 saturated carbocycles. The Bertz CT molecular complexity index is 240. The highest BCUT2D eigenvalue weighted by Gasteiger charge is 2.34. The first-order valence-electron chi connectivity index (χ1n) is 7.27. The van der Waals surface area contributed by atoms with Crippen LogP contribution in [0.15, 0.2) is 0 Å². The van der Waals surface area contributed by atoms with Crippen molar-refractivity contribution in [2.24, 2.45) is 17.1 Å². The minimum absolute atomic E-state index is 0.202. The van der Waals surface area contributed by atoms with E-state index in [1.165, 1.54) is 25.8 Å². The molecule has 0 radical (unpaired) electrons. The molecule has 2 fully saturated rings. The molecule has 2 rings (SSSR count). The van der Waals surface area contributed by atoms with Gasteiger partial charge in [0.1, 0.15) is 0 Å². The van der Waals surface area contributed by atoms with Gasteiger partial charge >= 0.3 is 0 Å². The minimum atomic E-state index is 0.202. The molecule has 2 aliphatic rings. The van der Waals surface area contributed by atoms with Crippen LogP contribution >= 0.6 is 0 Å². The van der Waals surface area contributed by atoms with Crippen LogP contribution in [0.1, 0.15) is 25.7 Å². The van der Waals surface area contributed by atoms with Gasteiger partial charge in [0.15, 0.2) is 0 Å². The van der Waals surface area contributed by atoms with Crippen molar-refractivity contribution in [1.82, 2.24) is 4.90 Å². The first kappa shape index (κ1) is 14.3. The lowest BCUT2D eigenvalue weighted by Crippen LogP contribution is -2.50. The van der Waals surface area contributed by atoms with E-state index in [4.69, 9.17) is 15.2 Å².